The Bertz CT molecular complexity index is 3440. The molecule has 6 aromatic heterocycles. The molecule has 362 valence electrons. The van der Waals surface area contributed by atoms with Crippen molar-refractivity contribution >= 4 is 57.0 Å². The van der Waals surface area contributed by atoms with Gasteiger partial charge < -0.3 is 34.1 Å². The fourth-order valence-corrected chi connectivity index (χ4v) is 7.46. The lowest BCUT2D eigenvalue weighted by Gasteiger charge is -2.17. The maximum absolute atomic E-state index is 14.3. The predicted molar refractivity (Wildman–Crippen MR) is 255 cm³/mol. The molecule has 0 aliphatic carbocycles. The average molecular weight is 989 g/mol. The number of pyridine rings is 2. The SMILES string of the molecule is Cc1cc(-n2c(OCc3cccc(NC(=O)C(F)(F)Oc4ccccc4)n3)nc3ccccc32)sn1.O=C(Nc1cccc(COc2nc3ccccc3n2-c2ccon2)n1)C(F)(F)Oc1ccccc1.[HH].[HH]. The molecule has 4 aromatic carbocycles. The number of hydrogen-bond acceptors (Lipinski definition) is 14. The van der Waals surface area contributed by atoms with Gasteiger partial charge in [-0.3, -0.25) is 14.2 Å². The number of carbonyl (C=O) groups is 2. The first-order valence-corrected chi connectivity index (χ1v) is 22.0. The Hall–Kier alpha value is -9.18. The largest absolute Gasteiger partial charge is 0.482 e. The van der Waals surface area contributed by atoms with Crippen molar-refractivity contribution in [1.29, 1.82) is 0 Å². The van der Waals surface area contributed by atoms with Crippen molar-refractivity contribution in [2.24, 2.45) is 0 Å². The number of anilines is 2. The van der Waals surface area contributed by atoms with Crippen molar-refractivity contribution in [3.05, 3.63) is 181 Å². The van der Waals surface area contributed by atoms with Gasteiger partial charge in [0.05, 0.1) is 39.1 Å². The van der Waals surface area contributed by atoms with Gasteiger partial charge in [0.2, 0.25) is 0 Å². The molecule has 0 saturated carbocycles. The lowest BCUT2D eigenvalue weighted by molar-refractivity contribution is -0.187. The van der Waals surface area contributed by atoms with Crippen LogP contribution in [0.25, 0.3) is 32.9 Å². The molecule has 10 aromatic rings. The molecule has 0 saturated heterocycles. The predicted octanol–water partition coefficient (Wildman–Crippen LogP) is 10.5. The molecule has 0 aliphatic rings. The van der Waals surface area contributed by atoms with Gasteiger partial charge in [0.1, 0.15) is 47.6 Å². The van der Waals surface area contributed by atoms with Crippen LogP contribution in [0.15, 0.2) is 169 Å². The van der Waals surface area contributed by atoms with E-state index in [1.54, 1.807) is 47.0 Å². The first kappa shape index (κ1) is 46.9. The molecule has 0 aliphatic heterocycles. The molecule has 0 fully saturated rings. The number of alkyl halides is 4. The zero-order valence-electron chi connectivity index (χ0n) is 36.9. The lowest BCUT2D eigenvalue weighted by atomic mass is 10.3. The molecule has 2 N–H and O–H groups in total. The highest BCUT2D eigenvalue weighted by Gasteiger charge is 2.43. The first-order valence-electron chi connectivity index (χ1n) is 21.2. The fraction of sp³-hybridized carbons (Fsp3) is 0.102. The summed E-state index contributed by atoms with van der Waals surface area (Å²) in [5, 5.41) is 8.95. The van der Waals surface area contributed by atoms with Gasteiger partial charge in [-0.2, -0.15) is 31.9 Å². The molecule has 0 unspecified atom stereocenters. The number of hydrogen-bond donors (Lipinski definition) is 2. The van der Waals surface area contributed by atoms with Crippen molar-refractivity contribution in [3.63, 3.8) is 0 Å². The smallest absolute Gasteiger partial charge is 0.458 e. The van der Waals surface area contributed by atoms with Gasteiger partial charge >= 0.3 is 36.1 Å². The first-order chi connectivity index (χ1) is 34.4. The van der Waals surface area contributed by atoms with E-state index in [1.807, 2.05) is 66.1 Å². The molecule has 17 nitrogen and oxygen atoms in total. The topological polar surface area (TPSA) is 195 Å². The molecular formula is C49H40F4N10O7S. The Kier molecular flexibility index (Phi) is 13.6. The van der Waals surface area contributed by atoms with E-state index in [0.29, 0.717) is 28.7 Å². The lowest BCUT2D eigenvalue weighted by Crippen LogP contribution is -2.40. The third-order valence-electron chi connectivity index (χ3n) is 9.85. The number of ether oxygens (including phenoxy) is 4. The van der Waals surface area contributed by atoms with Crippen molar-refractivity contribution in [1.82, 2.24) is 38.6 Å². The van der Waals surface area contributed by atoms with Crippen LogP contribution in [-0.2, 0) is 22.8 Å². The Morgan fingerprint density at radius 1 is 0.606 bits per heavy atom. The summed E-state index contributed by atoms with van der Waals surface area (Å²) in [6, 6.07) is 43.0. The summed E-state index contributed by atoms with van der Waals surface area (Å²) in [5.74, 6) is -3.24. The number of aromatic nitrogens is 8. The highest BCUT2D eigenvalue weighted by molar-refractivity contribution is 7.08. The average Bonchev–Trinajstić information content (AvgIpc) is 4.20. The number of halogens is 4. The minimum Gasteiger partial charge on any atom is -0.458 e. The van der Waals surface area contributed by atoms with Crippen molar-refractivity contribution in [2.75, 3.05) is 10.6 Å². The summed E-state index contributed by atoms with van der Waals surface area (Å²) in [4.78, 5) is 41.7. The van der Waals surface area contributed by atoms with E-state index < -0.39 is 24.0 Å². The van der Waals surface area contributed by atoms with Crippen LogP contribution in [0.4, 0.5) is 29.2 Å². The molecule has 0 radical (unpaired) electrons. The summed E-state index contributed by atoms with van der Waals surface area (Å²) in [6.07, 6.45) is -6.76. The molecule has 2 amide bonds. The van der Waals surface area contributed by atoms with Gasteiger partial charge in [-0.25, -0.2) is 14.5 Å². The van der Waals surface area contributed by atoms with E-state index in [4.69, 9.17) is 14.0 Å². The summed E-state index contributed by atoms with van der Waals surface area (Å²) < 4.78 is 90.7. The van der Waals surface area contributed by atoms with Crippen LogP contribution < -0.4 is 29.6 Å². The molecular weight excluding hydrogens is 949 g/mol. The molecule has 22 heteroatoms. The molecule has 0 atom stereocenters. The Labute approximate surface area is 406 Å². The van der Waals surface area contributed by atoms with Crippen LogP contribution in [-0.4, -0.2) is 62.6 Å². The van der Waals surface area contributed by atoms with Crippen LogP contribution in [0, 0.1) is 6.92 Å². The van der Waals surface area contributed by atoms with Gasteiger partial charge in [0, 0.05) is 8.92 Å². The highest BCUT2D eigenvalue weighted by atomic mass is 32.1. The van der Waals surface area contributed by atoms with E-state index in [1.165, 1.54) is 78.5 Å². The maximum atomic E-state index is 14.3. The minimum atomic E-state index is -4.10. The zero-order valence-corrected chi connectivity index (χ0v) is 37.7. The quantitative estimate of drug-likeness (QED) is 0.0869. The van der Waals surface area contributed by atoms with E-state index in [0.717, 1.165) is 27.2 Å². The van der Waals surface area contributed by atoms with Gasteiger partial charge in [0.25, 0.3) is 0 Å². The number of aryl methyl sites for hydroxylation is 1. The number of nitrogens with one attached hydrogen (secondary N) is 2. The van der Waals surface area contributed by atoms with Crippen molar-refractivity contribution in [2.45, 2.75) is 32.4 Å². The van der Waals surface area contributed by atoms with E-state index in [9.17, 15) is 27.2 Å². The van der Waals surface area contributed by atoms with Crippen LogP contribution in [0.5, 0.6) is 23.5 Å². The van der Waals surface area contributed by atoms with E-state index in [2.05, 4.69) is 49.6 Å². The van der Waals surface area contributed by atoms with Crippen LogP contribution in [0.2, 0.25) is 0 Å². The molecule has 0 spiro atoms. The number of benzene rings is 4. The maximum Gasteiger partial charge on any atom is 0.482 e. The zero-order chi connectivity index (χ0) is 49.4. The number of nitrogens with zero attached hydrogens (tertiary/aromatic N) is 8. The number of para-hydroxylation sites is 6. The number of carbonyl (C=O) groups excluding carboxylic acids is 2. The number of fused-ring (bicyclic) bond motifs is 2. The Balaban J connectivity index is 0.000000208. The molecule has 10 rings (SSSR count). The van der Waals surface area contributed by atoms with E-state index in [-0.39, 0.29) is 45.2 Å². The molecule has 71 heavy (non-hydrogen) atoms. The van der Waals surface area contributed by atoms with Crippen LogP contribution in [0.3, 0.4) is 0 Å². The van der Waals surface area contributed by atoms with Crippen LogP contribution >= 0.6 is 11.5 Å². The second-order valence-electron chi connectivity index (χ2n) is 15.0. The third-order valence-corrected chi connectivity index (χ3v) is 10.7. The summed E-state index contributed by atoms with van der Waals surface area (Å²) in [7, 11) is 0. The van der Waals surface area contributed by atoms with E-state index >= 15 is 0 Å². The van der Waals surface area contributed by atoms with Gasteiger partial charge in [0.15, 0.2) is 5.82 Å². The van der Waals surface area contributed by atoms with Gasteiger partial charge in [-0.1, -0.05) is 78.0 Å². The number of amides is 2. The van der Waals surface area contributed by atoms with Crippen molar-refractivity contribution < 1.29 is 53.5 Å². The van der Waals surface area contributed by atoms with Gasteiger partial charge in [-0.05, 0) is 97.3 Å². The van der Waals surface area contributed by atoms with Crippen molar-refractivity contribution in [3.8, 4) is 34.3 Å². The minimum absolute atomic E-state index is 0. The van der Waals surface area contributed by atoms with Crippen LogP contribution in [0.1, 0.15) is 19.9 Å². The second-order valence-corrected chi connectivity index (χ2v) is 15.8. The third kappa shape index (κ3) is 11.2. The molecule has 0 bridgehead atoms. The Morgan fingerprint density at radius 3 is 1.56 bits per heavy atom. The second kappa shape index (κ2) is 20.6. The summed E-state index contributed by atoms with van der Waals surface area (Å²) >= 11 is 1.32. The fourth-order valence-electron chi connectivity index (χ4n) is 6.69. The number of imidazole rings is 2. The summed E-state index contributed by atoms with van der Waals surface area (Å²) in [5.41, 5.74) is 4.68. The molecule has 6 heterocycles. The summed E-state index contributed by atoms with van der Waals surface area (Å²) in [6.45, 7) is 1.83. The highest BCUT2D eigenvalue weighted by Crippen LogP contribution is 2.31. The van der Waals surface area contributed by atoms with Gasteiger partial charge in [-0.15, -0.1) is 0 Å². The normalized spacial score (nSPS) is 11.4. The standard InChI is InChI=1S/C25H19F2N5O3S.C24H17F2N5O4.2H2/c1-16-14-22(36-31-16)32-20-12-6-5-11-19(20)29-24(32)34-15-17-8-7-13-21(28-17)30-23(33)25(26,27)35-18-9-3-2-4-10-18;25-24(26,35-17-8-2-1-3-9-17)22(32)29-20-12-6-7-16(27-20)15-33-23-28-18-10-4-5-11-19(18)31(23)21-13-14-34-30-21;;/h2-14H,15H2,1H3,(H,28,30,33);1-14H,15H2,(H,27,29,32);2*1H. The Morgan fingerprint density at radius 2 is 1.08 bits per heavy atom. The number of rotatable bonds is 16. The monoisotopic (exact) mass is 988 g/mol.